The molecule has 7 heteroatoms. The second-order valence-electron chi connectivity index (χ2n) is 6.60. The number of nitrogens with zero attached hydrogens (tertiary/aromatic N) is 1. The quantitative estimate of drug-likeness (QED) is 0.837. The zero-order valence-corrected chi connectivity index (χ0v) is 15.3. The number of halogens is 2. The minimum atomic E-state index is -0.993. The van der Waals surface area contributed by atoms with Crippen LogP contribution in [0.5, 0.6) is 5.75 Å². The van der Waals surface area contributed by atoms with Gasteiger partial charge in [-0.25, -0.2) is 8.78 Å². The maximum atomic E-state index is 13.7. The van der Waals surface area contributed by atoms with Gasteiger partial charge in [-0.05, 0) is 36.8 Å². The molecule has 3 rings (SSSR count). The zero-order valence-electron chi connectivity index (χ0n) is 15.3. The van der Waals surface area contributed by atoms with Gasteiger partial charge in [0.25, 0.3) is 0 Å². The van der Waals surface area contributed by atoms with E-state index in [1.807, 2.05) is 0 Å². The fourth-order valence-corrected chi connectivity index (χ4v) is 3.35. The van der Waals surface area contributed by atoms with Crippen LogP contribution in [-0.2, 0) is 9.59 Å². The summed E-state index contributed by atoms with van der Waals surface area (Å²) in [5.41, 5.74) is 1.24. The van der Waals surface area contributed by atoms with Crippen LogP contribution >= 0.6 is 0 Å². The van der Waals surface area contributed by atoms with E-state index in [1.54, 1.807) is 26.1 Å². The van der Waals surface area contributed by atoms with Crippen molar-refractivity contribution in [2.75, 3.05) is 26.0 Å². The molecule has 2 amide bonds. The van der Waals surface area contributed by atoms with Crippen molar-refractivity contribution in [2.24, 2.45) is 5.92 Å². The second kappa shape index (κ2) is 7.34. The molecule has 2 aromatic carbocycles. The highest BCUT2D eigenvalue weighted by Gasteiger charge is 2.44. The average Bonchev–Trinajstić information content (AvgIpc) is 2.94. The standard InChI is InChI=1S/C20H20F2N2O3/c1-11-14(21)5-4-6-16(11)23-19(25)18-13(10-24(2)20(18)26)12-7-8-15(22)17(9-12)27-3/h4-9,13,18H,10H2,1-3H3,(H,23,25)/t13-,18+/m1/s1. The number of hydrogen-bond donors (Lipinski definition) is 1. The van der Waals surface area contributed by atoms with Gasteiger partial charge in [-0.2, -0.15) is 0 Å². The highest BCUT2D eigenvalue weighted by Crippen LogP contribution is 2.36. The van der Waals surface area contributed by atoms with Gasteiger partial charge < -0.3 is 15.0 Å². The molecule has 5 nitrogen and oxygen atoms in total. The Hall–Kier alpha value is -2.96. The lowest BCUT2D eigenvalue weighted by molar-refractivity contribution is -0.135. The van der Waals surface area contributed by atoms with Gasteiger partial charge in [0.2, 0.25) is 11.8 Å². The van der Waals surface area contributed by atoms with Crippen LogP contribution in [0.15, 0.2) is 36.4 Å². The summed E-state index contributed by atoms with van der Waals surface area (Å²) < 4.78 is 32.5. The van der Waals surface area contributed by atoms with Crippen LogP contribution in [0.2, 0.25) is 0 Å². The molecule has 1 aliphatic rings. The number of likely N-dealkylation sites (N-methyl/N-ethyl adjacent to an activating group) is 1. The number of carbonyl (C=O) groups is 2. The number of benzene rings is 2. The van der Waals surface area contributed by atoms with Gasteiger partial charge in [-0.15, -0.1) is 0 Å². The van der Waals surface area contributed by atoms with Crippen molar-refractivity contribution >= 4 is 17.5 Å². The van der Waals surface area contributed by atoms with E-state index in [-0.39, 0.29) is 11.7 Å². The Morgan fingerprint density at radius 2 is 1.96 bits per heavy atom. The van der Waals surface area contributed by atoms with E-state index >= 15 is 0 Å². The van der Waals surface area contributed by atoms with Crippen molar-refractivity contribution in [3.63, 3.8) is 0 Å². The van der Waals surface area contributed by atoms with Crippen LogP contribution in [0.1, 0.15) is 17.0 Å². The van der Waals surface area contributed by atoms with Gasteiger partial charge in [0.15, 0.2) is 11.6 Å². The van der Waals surface area contributed by atoms with Gasteiger partial charge >= 0.3 is 0 Å². The summed E-state index contributed by atoms with van der Waals surface area (Å²) >= 11 is 0. The summed E-state index contributed by atoms with van der Waals surface area (Å²) in [7, 11) is 2.96. The maximum absolute atomic E-state index is 13.7. The van der Waals surface area contributed by atoms with Crippen molar-refractivity contribution in [1.82, 2.24) is 4.90 Å². The molecule has 0 bridgehead atoms. The molecule has 0 aliphatic carbocycles. The first-order chi connectivity index (χ1) is 12.8. The van der Waals surface area contributed by atoms with Crippen molar-refractivity contribution in [2.45, 2.75) is 12.8 Å². The summed E-state index contributed by atoms with van der Waals surface area (Å²) in [6.07, 6.45) is 0. The number of hydrogen-bond acceptors (Lipinski definition) is 3. The van der Waals surface area contributed by atoms with Crippen LogP contribution < -0.4 is 10.1 Å². The second-order valence-corrected chi connectivity index (χ2v) is 6.60. The van der Waals surface area contributed by atoms with E-state index in [1.165, 1.54) is 36.3 Å². The van der Waals surface area contributed by atoms with Crippen LogP contribution in [-0.4, -0.2) is 37.4 Å². The first-order valence-corrected chi connectivity index (χ1v) is 8.48. The van der Waals surface area contributed by atoms with Crippen LogP contribution in [0, 0.1) is 24.5 Å². The third kappa shape index (κ3) is 3.49. The maximum Gasteiger partial charge on any atom is 0.237 e. The molecular formula is C20H20F2N2O3. The van der Waals surface area contributed by atoms with Crippen molar-refractivity contribution < 1.29 is 23.1 Å². The third-order valence-electron chi connectivity index (χ3n) is 4.93. The van der Waals surface area contributed by atoms with Crippen molar-refractivity contribution in [3.8, 4) is 5.75 Å². The SMILES string of the molecule is COc1cc([C@H]2CN(C)C(=O)[C@@H]2C(=O)Nc2cccc(F)c2C)ccc1F. The zero-order chi connectivity index (χ0) is 19.7. The summed E-state index contributed by atoms with van der Waals surface area (Å²) in [4.78, 5) is 26.9. The monoisotopic (exact) mass is 374 g/mol. The number of rotatable bonds is 4. The number of anilines is 1. The normalized spacial score (nSPS) is 19.3. The van der Waals surface area contributed by atoms with Gasteiger partial charge in [0, 0.05) is 30.8 Å². The molecule has 1 fully saturated rings. The first-order valence-electron chi connectivity index (χ1n) is 8.48. The highest BCUT2D eigenvalue weighted by atomic mass is 19.1. The van der Waals surface area contributed by atoms with Crippen molar-refractivity contribution in [3.05, 3.63) is 59.2 Å². The summed E-state index contributed by atoms with van der Waals surface area (Å²) in [6, 6.07) is 8.66. The topological polar surface area (TPSA) is 58.6 Å². The number of carbonyl (C=O) groups excluding carboxylic acids is 2. The Morgan fingerprint density at radius 1 is 1.22 bits per heavy atom. The van der Waals surface area contributed by atoms with E-state index in [9.17, 15) is 18.4 Å². The molecule has 1 heterocycles. The van der Waals surface area contributed by atoms with Gasteiger partial charge in [0.1, 0.15) is 11.7 Å². The minimum Gasteiger partial charge on any atom is -0.494 e. The Labute approximate surface area is 155 Å². The molecule has 142 valence electrons. The predicted octanol–water partition coefficient (Wildman–Crippen LogP) is 3.09. The molecule has 27 heavy (non-hydrogen) atoms. The summed E-state index contributed by atoms with van der Waals surface area (Å²) in [5.74, 6) is -3.23. The molecule has 0 saturated carbocycles. The average molecular weight is 374 g/mol. The number of methoxy groups -OCH3 is 1. The number of nitrogens with one attached hydrogen (secondary N) is 1. The smallest absolute Gasteiger partial charge is 0.237 e. The Kier molecular flexibility index (Phi) is 5.12. The lowest BCUT2D eigenvalue weighted by atomic mass is 9.87. The Morgan fingerprint density at radius 3 is 2.67 bits per heavy atom. The lowest BCUT2D eigenvalue weighted by Crippen LogP contribution is -2.33. The molecule has 0 aromatic heterocycles. The highest BCUT2D eigenvalue weighted by molar-refractivity contribution is 6.08. The minimum absolute atomic E-state index is 0.0506. The van der Waals surface area contributed by atoms with E-state index < -0.39 is 29.4 Å². The fraction of sp³-hybridized carbons (Fsp3) is 0.300. The first kappa shape index (κ1) is 18.8. The summed E-state index contributed by atoms with van der Waals surface area (Å²) in [5, 5.41) is 2.65. The number of ether oxygens (including phenoxy) is 1. The van der Waals surface area contributed by atoms with Gasteiger partial charge in [-0.1, -0.05) is 12.1 Å². The van der Waals surface area contributed by atoms with E-state index in [0.717, 1.165) is 0 Å². The lowest BCUT2D eigenvalue weighted by Gasteiger charge is -2.18. The molecular weight excluding hydrogens is 354 g/mol. The molecule has 0 unspecified atom stereocenters. The Bertz CT molecular complexity index is 901. The van der Waals surface area contributed by atoms with Crippen molar-refractivity contribution in [1.29, 1.82) is 0 Å². The predicted molar refractivity (Wildman–Crippen MR) is 96.6 cm³/mol. The number of amides is 2. The van der Waals surface area contributed by atoms with Gasteiger partial charge in [0.05, 0.1) is 7.11 Å². The van der Waals surface area contributed by atoms with Crippen LogP contribution in [0.3, 0.4) is 0 Å². The molecule has 0 spiro atoms. The molecule has 1 saturated heterocycles. The van der Waals surface area contributed by atoms with E-state index in [0.29, 0.717) is 23.4 Å². The summed E-state index contributed by atoms with van der Waals surface area (Å²) in [6.45, 7) is 1.86. The molecule has 1 aliphatic heterocycles. The van der Waals surface area contributed by atoms with E-state index in [4.69, 9.17) is 4.74 Å². The third-order valence-corrected chi connectivity index (χ3v) is 4.93. The van der Waals surface area contributed by atoms with Crippen LogP contribution in [0.4, 0.5) is 14.5 Å². The largest absolute Gasteiger partial charge is 0.494 e. The molecule has 2 aromatic rings. The molecule has 1 N–H and O–H groups in total. The van der Waals surface area contributed by atoms with Gasteiger partial charge in [-0.3, -0.25) is 9.59 Å². The molecule has 2 atom stereocenters. The van der Waals surface area contributed by atoms with E-state index in [2.05, 4.69) is 5.32 Å². The molecule has 0 radical (unpaired) electrons. The fourth-order valence-electron chi connectivity index (χ4n) is 3.35. The Balaban J connectivity index is 1.92. The van der Waals surface area contributed by atoms with Crippen LogP contribution in [0.25, 0.3) is 0 Å². The number of likely N-dealkylation sites (tertiary alicyclic amines) is 1.